The molecule has 0 aromatic carbocycles. The monoisotopic (exact) mass is 274 g/mol. The van der Waals surface area contributed by atoms with Crippen molar-refractivity contribution < 1.29 is 4.79 Å². The number of carbonyl (C=O) groups is 1. The molecule has 2 aliphatic rings. The Balaban J connectivity index is 0.00000162. The molecule has 0 radical (unpaired) electrons. The van der Waals surface area contributed by atoms with Crippen LogP contribution in [0.15, 0.2) is 0 Å². The number of rotatable bonds is 5. The standard InChI is InChI=1S/C14H26N2O.ClH/c1-15-10-13-6-3-9-16(11-13)14(17)8-7-12-4-2-5-12;/h12-13,15H,2-11H2,1H3;1H. The molecule has 0 aromatic rings. The lowest BCUT2D eigenvalue weighted by molar-refractivity contribution is -0.133. The molecule has 18 heavy (non-hydrogen) atoms. The predicted molar refractivity (Wildman–Crippen MR) is 77.1 cm³/mol. The van der Waals surface area contributed by atoms with E-state index in [0.29, 0.717) is 11.8 Å². The molecule has 0 aromatic heterocycles. The number of piperidine rings is 1. The van der Waals surface area contributed by atoms with Gasteiger partial charge in [-0.15, -0.1) is 12.4 Å². The fourth-order valence-corrected chi connectivity index (χ4v) is 3.01. The molecule has 1 aliphatic carbocycles. The lowest BCUT2D eigenvalue weighted by Crippen LogP contribution is -2.42. The fourth-order valence-electron chi connectivity index (χ4n) is 3.01. The van der Waals surface area contributed by atoms with Crippen LogP contribution < -0.4 is 5.32 Å². The van der Waals surface area contributed by atoms with Crippen LogP contribution in [0.25, 0.3) is 0 Å². The second-order valence-corrected chi connectivity index (χ2v) is 5.74. The molecule has 2 fully saturated rings. The predicted octanol–water partition coefficient (Wildman–Crippen LogP) is 2.45. The van der Waals surface area contributed by atoms with Gasteiger partial charge in [0.25, 0.3) is 0 Å². The van der Waals surface area contributed by atoms with Gasteiger partial charge in [-0.05, 0) is 44.7 Å². The van der Waals surface area contributed by atoms with Crippen molar-refractivity contribution in [2.24, 2.45) is 11.8 Å². The van der Waals surface area contributed by atoms with Crippen LogP contribution in [0.5, 0.6) is 0 Å². The van der Waals surface area contributed by atoms with Gasteiger partial charge in [0.1, 0.15) is 0 Å². The topological polar surface area (TPSA) is 32.3 Å². The summed E-state index contributed by atoms with van der Waals surface area (Å²) in [5.74, 6) is 1.93. The van der Waals surface area contributed by atoms with E-state index in [1.807, 2.05) is 7.05 Å². The lowest BCUT2D eigenvalue weighted by Gasteiger charge is -2.33. The fraction of sp³-hybridized carbons (Fsp3) is 0.929. The zero-order valence-corrected chi connectivity index (χ0v) is 12.3. The lowest BCUT2D eigenvalue weighted by atomic mass is 9.82. The van der Waals surface area contributed by atoms with E-state index in [-0.39, 0.29) is 12.4 Å². The van der Waals surface area contributed by atoms with Crippen LogP contribution in [0.3, 0.4) is 0 Å². The summed E-state index contributed by atoms with van der Waals surface area (Å²) in [6.45, 7) is 3.01. The quantitative estimate of drug-likeness (QED) is 0.835. The minimum atomic E-state index is 0. The summed E-state index contributed by atoms with van der Waals surface area (Å²) in [6, 6.07) is 0. The highest BCUT2D eigenvalue weighted by molar-refractivity contribution is 5.85. The molecule has 1 N–H and O–H groups in total. The van der Waals surface area contributed by atoms with Gasteiger partial charge in [-0.3, -0.25) is 4.79 Å². The minimum absolute atomic E-state index is 0. The van der Waals surface area contributed by atoms with E-state index in [9.17, 15) is 4.79 Å². The van der Waals surface area contributed by atoms with E-state index < -0.39 is 0 Å². The minimum Gasteiger partial charge on any atom is -0.342 e. The molecule has 1 unspecified atom stereocenters. The van der Waals surface area contributed by atoms with Gasteiger partial charge in [0.15, 0.2) is 0 Å². The van der Waals surface area contributed by atoms with Crippen LogP contribution >= 0.6 is 12.4 Å². The first kappa shape index (κ1) is 15.8. The number of halogens is 1. The van der Waals surface area contributed by atoms with Gasteiger partial charge < -0.3 is 10.2 Å². The molecule has 1 amide bonds. The van der Waals surface area contributed by atoms with Crippen molar-refractivity contribution in [3.05, 3.63) is 0 Å². The second-order valence-electron chi connectivity index (χ2n) is 5.74. The van der Waals surface area contributed by atoms with E-state index in [4.69, 9.17) is 0 Å². The molecule has 3 nitrogen and oxygen atoms in total. The molecule has 106 valence electrons. The summed E-state index contributed by atoms with van der Waals surface area (Å²) in [5, 5.41) is 3.23. The van der Waals surface area contributed by atoms with Gasteiger partial charge in [-0.1, -0.05) is 19.3 Å². The average Bonchev–Trinajstić information content (AvgIpc) is 2.27. The summed E-state index contributed by atoms with van der Waals surface area (Å²) in [5.41, 5.74) is 0. The first-order valence-electron chi connectivity index (χ1n) is 7.22. The Labute approximate surface area is 117 Å². The van der Waals surface area contributed by atoms with Gasteiger partial charge in [0.2, 0.25) is 5.91 Å². The largest absolute Gasteiger partial charge is 0.342 e. The van der Waals surface area contributed by atoms with E-state index in [1.54, 1.807) is 0 Å². The third-order valence-corrected chi connectivity index (χ3v) is 4.36. The molecular formula is C14H27ClN2O. The van der Waals surface area contributed by atoms with Crippen molar-refractivity contribution in [1.82, 2.24) is 10.2 Å². The van der Waals surface area contributed by atoms with Crippen LogP contribution in [0.2, 0.25) is 0 Å². The molecule has 2 rings (SSSR count). The molecule has 0 spiro atoms. The van der Waals surface area contributed by atoms with Crippen LogP contribution in [0.4, 0.5) is 0 Å². The molecular weight excluding hydrogens is 248 g/mol. The van der Waals surface area contributed by atoms with Crippen LogP contribution in [0.1, 0.15) is 44.9 Å². The Kier molecular flexibility index (Phi) is 7.02. The Morgan fingerprint density at radius 1 is 1.22 bits per heavy atom. The van der Waals surface area contributed by atoms with Crippen molar-refractivity contribution in [2.45, 2.75) is 44.9 Å². The van der Waals surface area contributed by atoms with Crippen LogP contribution in [-0.2, 0) is 4.79 Å². The zero-order chi connectivity index (χ0) is 12.1. The zero-order valence-electron chi connectivity index (χ0n) is 11.5. The highest BCUT2D eigenvalue weighted by atomic mass is 35.5. The Bertz CT molecular complexity index is 254. The maximum absolute atomic E-state index is 12.1. The maximum atomic E-state index is 12.1. The highest BCUT2D eigenvalue weighted by Crippen LogP contribution is 2.30. The number of hydrogen-bond donors (Lipinski definition) is 1. The number of nitrogens with zero attached hydrogens (tertiary/aromatic N) is 1. The SMILES string of the molecule is CNCC1CCCN(C(=O)CCC2CCC2)C1.Cl. The Morgan fingerprint density at radius 2 is 1.94 bits per heavy atom. The van der Waals surface area contributed by atoms with Gasteiger partial charge in [0, 0.05) is 19.5 Å². The Morgan fingerprint density at radius 3 is 2.56 bits per heavy atom. The van der Waals surface area contributed by atoms with Gasteiger partial charge in [-0.25, -0.2) is 0 Å². The molecule has 1 atom stereocenters. The maximum Gasteiger partial charge on any atom is 0.222 e. The summed E-state index contributed by atoms with van der Waals surface area (Å²) in [6.07, 6.45) is 8.47. The van der Waals surface area contributed by atoms with Crippen molar-refractivity contribution in [3.8, 4) is 0 Å². The normalized spacial score (nSPS) is 24.3. The van der Waals surface area contributed by atoms with E-state index in [0.717, 1.165) is 38.4 Å². The first-order chi connectivity index (χ1) is 8.29. The van der Waals surface area contributed by atoms with Crippen molar-refractivity contribution in [3.63, 3.8) is 0 Å². The van der Waals surface area contributed by atoms with Gasteiger partial charge in [-0.2, -0.15) is 0 Å². The summed E-state index contributed by atoms with van der Waals surface area (Å²) >= 11 is 0. The summed E-state index contributed by atoms with van der Waals surface area (Å²) in [7, 11) is 2.00. The van der Waals surface area contributed by atoms with E-state index >= 15 is 0 Å². The number of amides is 1. The molecule has 0 bridgehead atoms. The Hall–Kier alpha value is -0.280. The molecule has 1 saturated carbocycles. The highest BCUT2D eigenvalue weighted by Gasteiger charge is 2.24. The third-order valence-electron chi connectivity index (χ3n) is 4.36. The smallest absolute Gasteiger partial charge is 0.222 e. The van der Waals surface area contributed by atoms with Crippen molar-refractivity contribution in [2.75, 3.05) is 26.7 Å². The second kappa shape index (κ2) is 8.00. The average molecular weight is 275 g/mol. The van der Waals surface area contributed by atoms with Crippen molar-refractivity contribution in [1.29, 1.82) is 0 Å². The summed E-state index contributed by atoms with van der Waals surface area (Å²) in [4.78, 5) is 14.2. The van der Waals surface area contributed by atoms with E-state index in [1.165, 1.54) is 32.1 Å². The first-order valence-corrected chi connectivity index (χ1v) is 7.22. The number of hydrogen-bond acceptors (Lipinski definition) is 2. The third kappa shape index (κ3) is 4.43. The molecule has 4 heteroatoms. The molecule has 1 heterocycles. The van der Waals surface area contributed by atoms with Gasteiger partial charge in [0.05, 0.1) is 0 Å². The summed E-state index contributed by atoms with van der Waals surface area (Å²) < 4.78 is 0. The van der Waals surface area contributed by atoms with Gasteiger partial charge >= 0.3 is 0 Å². The molecule has 1 aliphatic heterocycles. The number of likely N-dealkylation sites (tertiary alicyclic amines) is 1. The van der Waals surface area contributed by atoms with Crippen molar-refractivity contribution >= 4 is 18.3 Å². The number of carbonyl (C=O) groups excluding carboxylic acids is 1. The number of nitrogens with one attached hydrogen (secondary N) is 1. The molecule has 1 saturated heterocycles. The van der Waals surface area contributed by atoms with Crippen LogP contribution in [0, 0.1) is 11.8 Å². The van der Waals surface area contributed by atoms with E-state index in [2.05, 4.69) is 10.2 Å². The van der Waals surface area contributed by atoms with Crippen LogP contribution in [-0.4, -0.2) is 37.5 Å².